The van der Waals surface area contributed by atoms with Crippen LogP contribution in [-0.2, 0) is 16.0 Å². The number of nitrogens with one attached hydrogen (secondary N) is 1. The summed E-state index contributed by atoms with van der Waals surface area (Å²) in [5.74, 6) is 0.218. The van der Waals surface area contributed by atoms with Crippen molar-refractivity contribution in [3.05, 3.63) is 57.8 Å². The number of thiophene rings is 1. The molecule has 1 fully saturated rings. The van der Waals surface area contributed by atoms with Gasteiger partial charge in [0.05, 0.1) is 6.04 Å². The number of amides is 1. The Morgan fingerprint density at radius 2 is 2.00 bits per heavy atom. The van der Waals surface area contributed by atoms with Crippen LogP contribution in [0.3, 0.4) is 0 Å². The second-order valence-electron chi connectivity index (χ2n) is 6.34. The summed E-state index contributed by atoms with van der Waals surface area (Å²) in [5.41, 5.74) is 2.50. The van der Waals surface area contributed by atoms with Crippen molar-refractivity contribution in [1.29, 1.82) is 0 Å². The zero-order valence-electron chi connectivity index (χ0n) is 14.2. The number of benzene rings is 1. The lowest BCUT2D eigenvalue weighted by Crippen LogP contribution is -2.36. The van der Waals surface area contributed by atoms with E-state index in [0.29, 0.717) is 13.2 Å². The molecule has 0 saturated carbocycles. The van der Waals surface area contributed by atoms with E-state index >= 15 is 0 Å². The molecule has 2 aromatic rings. The highest BCUT2D eigenvalue weighted by Crippen LogP contribution is 2.28. The van der Waals surface area contributed by atoms with Crippen LogP contribution in [0, 0.1) is 5.92 Å². The predicted octanol–water partition coefficient (Wildman–Crippen LogP) is 4.33. The van der Waals surface area contributed by atoms with E-state index in [0.717, 1.165) is 31.2 Å². The zero-order valence-corrected chi connectivity index (χ0v) is 15.0. The Kier molecular flexibility index (Phi) is 6.05. The molecule has 3 rings (SSSR count). The molecule has 1 aliphatic rings. The quantitative estimate of drug-likeness (QED) is 0.847. The van der Waals surface area contributed by atoms with Crippen LogP contribution < -0.4 is 5.32 Å². The Morgan fingerprint density at radius 1 is 1.25 bits per heavy atom. The summed E-state index contributed by atoms with van der Waals surface area (Å²) in [6.45, 7) is 3.57. The van der Waals surface area contributed by atoms with Gasteiger partial charge in [-0.25, -0.2) is 0 Å². The van der Waals surface area contributed by atoms with Crippen LogP contribution in [0.25, 0.3) is 0 Å². The molecular weight excluding hydrogens is 318 g/mol. The summed E-state index contributed by atoms with van der Waals surface area (Å²) in [7, 11) is 0. The molecule has 128 valence electrons. The molecule has 1 aromatic heterocycles. The second kappa shape index (κ2) is 8.45. The van der Waals surface area contributed by atoms with Gasteiger partial charge >= 0.3 is 0 Å². The summed E-state index contributed by atoms with van der Waals surface area (Å²) >= 11 is 1.69. The van der Waals surface area contributed by atoms with Gasteiger partial charge in [0, 0.05) is 24.0 Å². The van der Waals surface area contributed by atoms with Crippen LogP contribution in [0.15, 0.2) is 41.8 Å². The molecule has 1 aromatic carbocycles. The van der Waals surface area contributed by atoms with E-state index in [1.165, 1.54) is 10.4 Å². The van der Waals surface area contributed by atoms with Crippen molar-refractivity contribution in [3.63, 3.8) is 0 Å². The Morgan fingerprint density at radius 3 is 2.62 bits per heavy atom. The molecule has 1 atom stereocenters. The normalized spacial score (nSPS) is 16.7. The highest BCUT2D eigenvalue weighted by atomic mass is 32.1. The lowest BCUT2D eigenvalue weighted by Gasteiger charge is -2.25. The van der Waals surface area contributed by atoms with E-state index in [1.807, 2.05) is 6.07 Å². The molecule has 0 aliphatic carbocycles. The molecule has 24 heavy (non-hydrogen) atoms. The van der Waals surface area contributed by atoms with Crippen LogP contribution in [-0.4, -0.2) is 19.1 Å². The molecule has 1 unspecified atom stereocenters. The summed E-state index contributed by atoms with van der Waals surface area (Å²) in [4.78, 5) is 13.9. The SMILES string of the molecule is CCCc1ccc(C(NC(=O)C2CCOCC2)c2cccs2)cc1. The summed E-state index contributed by atoms with van der Waals surface area (Å²) in [6, 6.07) is 12.7. The first-order valence-corrected chi connectivity index (χ1v) is 9.66. The maximum atomic E-state index is 12.7. The van der Waals surface area contributed by atoms with E-state index in [9.17, 15) is 4.79 Å². The molecule has 4 heteroatoms. The minimum Gasteiger partial charge on any atom is -0.381 e. The first-order valence-electron chi connectivity index (χ1n) is 8.78. The van der Waals surface area contributed by atoms with E-state index in [2.05, 4.69) is 48.0 Å². The van der Waals surface area contributed by atoms with Gasteiger partial charge in [-0.1, -0.05) is 43.7 Å². The topological polar surface area (TPSA) is 38.3 Å². The molecule has 2 heterocycles. The van der Waals surface area contributed by atoms with Gasteiger partial charge in [-0.3, -0.25) is 4.79 Å². The first kappa shape index (κ1) is 17.2. The molecule has 0 spiro atoms. The van der Waals surface area contributed by atoms with Crippen LogP contribution in [0.1, 0.15) is 48.2 Å². The van der Waals surface area contributed by atoms with Gasteiger partial charge in [0.2, 0.25) is 5.91 Å². The molecular formula is C20H25NO2S. The standard InChI is InChI=1S/C20H25NO2S/c1-2-4-15-6-8-16(9-7-15)19(18-5-3-14-24-18)21-20(22)17-10-12-23-13-11-17/h3,5-9,14,17,19H,2,4,10-13H2,1H3,(H,21,22). The fourth-order valence-corrected chi connectivity index (χ4v) is 3.96. The van der Waals surface area contributed by atoms with Gasteiger partial charge in [0.1, 0.15) is 0 Å². The van der Waals surface area contributed by atoms with Gasteiger partial charge < -0.3 is 10.1 Å². The number of aryl methyl sites for hydroxylation is 1. The average Bonchev–Trinajstić information content (AvgIpc) is 3.16. The van der Waals surface area contributed by atoms with Crippen molar-refractivity contribution in [2.75, 3.05) is 13.2 Å². The number of carbonyl (C=O) groups excluding carboxylic acids is 1. The number of ether oxygens (including phenoxy) is 1. The second-order valence-corrected chi connectivity index (χ2v) is 7.31. The molecule has 1 amide bonds. The van der Waals surface area contributed by atoms with Gasteiger partial charge in [-0.15, -0.1) is 11.3 Å². The van der Waals surface area contributed by atoms with E-state index in [4.69, 9.17) is 4.74 Å². The highest BCUT2D eigenvalue weighted by molar-refractivity contribution is 7.10. The van der Waals surface area contributed by atoms with Crippen LogP contribution in [0.2, 0.25) is 0 Å². The minimum atomic E-state index is -0.0592. The van der Waals surface area contributed by atoms with Crippen LogP contribution in [0.5, 0.6) is 0 Å². The van der Waals surface area contributed by atoms with Crippen molar-refractivity contribution in [1.82, 2.24) is 5.32 Å². The maximum Gasteiger partial charge on any atom is 0.224 e. The van der Waals surface area contributed by atoms with Gasteiger partial charge in [-0.05, 0) is 41.8 Å². The lowest BCUT2D eigenvalue weighted by molar-refractivity contribution is -0.128. The third-order valence-corrected chi connectivity index (χ3v) is 5.50. The van der Waals surface area contributed by atoms with Crippen LogP contribution in [0.4, 0.5) is 0 Å². The third kappa shape index (κ3) is 4.25. The number of hydrogen-bond acceptors (Lipinski definition) is 3. The Bertz CT molecular complexity index is 630. The highest BCUT2D eigenvalue weighted by Gasteiger charge is 2.25. The number of rotatable bonds is 6. The fraction of sp³-hybridized carbons (Fsp3) is 0.450. The Labute approximate surface area is 148 Å². The smallest absolute Gasteiger partial charge is 0.224 e. The Balaban J connectivity index is 1.77. The number of carbonyl (C=O) groups is 1. The molecule has 0 bridgehead atoms. The van der Waals surface area contributed by atoms with E-state index in [-0.39, 0.29) is 17.9 Å². The minimum absolute atomic E-state index is 0.0592. The van der Waals surface area contributed by atoms with Crippen molar-refractivity contribution >= 4 is 17.2 Å². The summed E-state index contributed by atoms with van der Waals surface area (Å²) in [6.07, 6.45) is 3.88. The molecule has 1 saturated heterocycles. The first-order chi connectivity index (χ1) is 11.8. The van der Waals surface area contributed by atoms with Crippen molar-refractivity contribution < 1.29 is 9.53 Å². The van der Waals surface area contributed by atoms with Crippen LogP contribution >= 0.6 is 11.3 Å². The molecule has 3 nitrogen and oxygen atoms in total. The monoisotopic (exact) mass is 343 g/mol. The van der Waals surface area contributed by atoms with E-state index < -0.39 is 0 Å². The summed E-state index contributed by atoms with van der Waals surface area (Å²) in [5, 5.41) is 5.34. The Hall–Kier alpha value is -1.65. The molecule has 0 radical (unpaired) electrons. The molecule has 1 aliphatic heterocycles. The van der Waals surface area contributed by atoms with Gasteiger partial charge in [-0.2, -0.15) is 0 Å². The van der Waals surface area contributed by atoms with Gasteiger partial charge in [0.25, 0.3) is 0 Å². The third-order valence-electron chi connectivity index (χ3n) is 4.56. The van der Waals surface area contributed by atoms with Crippen molar-refractivity contribution in [2.24, 2.45) is 5.92 Å². The van der Waals surface area contributed by atoms with Crippen molar-refractivity contribution in [2.45, 2.75) is 38.6 Å². The largest absolute Gasteiger partial charge is 0.381 e. The zero-order chi connectivity index (χ0) is 16.8. The van der Waals surface area contributed by atoms with E-state index in [1.54, 1.807) is 11.3 Å². The predicted molar refractivity (Wildman–Crippen MR) is 98.3 cm³/mol. The molecule has 1 N–H and O–H groups in total. The average molecular weight is 343 g/mol. The lowest BCUT2D eigenvalue weighted by atomic mass is 9.97. The fourth-order valence-electron chi connectivity index (χ4n) is 3.16. The summed E-state index contributed by atoms with van der Waals surface area (Å²) < 4.78 is 5.37. The van der Waals surface area contributed by atoms with Crippen molar-refractivity contribution in [3.8, 4) is 0 Å². The number of hydrogen-bond donors (Lipinski definition) is 1. The maximum absolute atomic E-state index is 12.7. The van der Waals surface area contributed by atoms with Gasteiger partial charge in [0.15, 0.2) is 0 Å².